The number of morpholine rings is 1. The van der Waals surface area contributed by atoms with Gasteiger partial charge in [0.15, 0.2) is 0 Å². The van der Waals surface area contributed by atoms with Gasteiger partial charge in [-0.15, -0.1) is 0 Å². The van der Waals surface area contributed by atoms with Gasteiger partial charge in [0, 0.05) is 25.7 Å². The highest BCUT2D eigenvalue weighted by molar-refractivity contribution is 5.85. The van der Waals surface area contributed by atoms with Crippen LogP contribution in [-0.4, -0.2) is 52.4 Å². The van der Waals surface area contributed by atoms with Gasteiger partial charge >= 0.3 is 0 Å². The molecule has 2 heterocycles. The molecule has 0 aliphatic carbocycles. The summed E-state index contributed by atoms with van der Waals surface area (Å²) >= 11 is 0. The first-order valence-electron chi connectivity index (χ1n) is 10.1. The van der Waals surface area contributed by atoms with Gasteiger partial charge in [0.2, 0.25) is 17.8 Å². The predicted octanol–water partition coefficient (Wildman–Crippen LogP) is 2.67. The number of aromatic nitrogens is 3. The molecule has 1 fully saturated rings. The smallest absolute Gasteiger partial charge is 0.278 e. The van der Waals surface area contributed by atoms with E-state index in [1.54, 1.807) is 18.2 Å². The van der Waals surface area contributed by atoms with Crippen molar-refractivity contribution in [2.24, 2.45) is 5.10 Å². The maximum absolute atomic E-state index is 11.2. The van der Waals surface area contributed by atoms with Crippen molar-refractivity contribution in [3.8, 4) is 0 Å². The van der Waals surface area contributed by atoms with Crippen molar-refractivity contribution < 1.29 is 9.66 Å². The van der Waals surface area contributed by atoms with Gasteiger partial charge in [-0.3, -0.25) is 10.1 Å². The fourth-order valence-electron chi connectivity index (χ4n) is 3.10. The monoisotopic (exact) mass is 434 g/mol. The van der Waals surface area contributed by atoms with Gasteiger partial charge in [0.05, 0.1) is 29.9 Å². The number of anilines is 3. The van der Waals surface area contributed by atoms with E-state index in [4.69, 9.17) is 4.74 Å². The Kier molecular flexibility index (Phi) is 6.78. The fraction of sp³-hybridized carbons (Fsp3) is 0.238. The lowest BCUT2D eigenvalue weighted by atomic mass is 10.2. The summed E-state index contributed by atoms with van der Waals surface area (Å²) in [6, 6.07) is 16.3. The van der Waals surface area contributed by atoms with Crippen LogP contribution >= 0.6 is 0 Å². The molecule has 0 spiro atoms. The minimum Gasteiger partial charge on any atom is -0.378 e. The SMILES string of the molecule is O=[N+]([O-])c1ccccc1/C=N/Nc1nc(NCc2ccccc2)nc(N2CCOCC2)n1. The minimum atomic E-state index is -0.452. The fourth-order valence-corrected chi connectivity index (χ4v) is 3.10. The van der Waals surface area contributed by atoms with E-state index < -0.39 is 4.92 Å². The van der Waals surface area contributed by atoms with E-state index in [0.29, 0.717) is 50.3 Å². The van der Waals surface area contributed by atoms with Gasteiger partial charge in [0.25, 0.3) is 5.69 Å². The van der Waals surface area contributed by atoms with E-state index in [0.717, 1.165) is 5.56 Å². The molecule has 0 radical (unpaired) electrons. The Bertz CT molecular complexity index is 1090. The minimum absolute atomic E-state index is 0.0343. The van der Waals surface area contributed by atoms with Gasteiger partial charge in [-0.05, 0) is 11.6 Å². The number of ether oxygens (including phenoxy) is 1. The Hall–Kier alpha value is -4.12. The van der Waals surface area contributed by atoms with Crippen LogP contribution in [0.3, 0.4) is 0 Å². The summed E-state index contributed by atoms with van der Waals surface area (Å²) in [6.45, 7) is 3.07. The van der Waals surface area contributed by atoms with Crippen LogP contribution in [0, 0.1) is 10.1 Å². The number of nitro benzene ring substituents is 1. The van der Waals surface area contributed by atoms with Crippen molar-refractivity contribution in [3.63, 3.8) is 0 Å². The first-order valence-corrected chi connectivity index (χ1v) is 10.1. The maximum Gasteiger partial charge on any atom is 0.278 e. The lowest BCUT2D eigenvalue weighted by Crippen LogP contribution is -2.37. The molecule has 164 valence electrons. The standard InChI is InChI=1S/C21H22N8O3/c30-29(31)18-9-5-4-8-17(18)15-23-27-20-24-19(22-14-16-6-2-1-3-7-16)25-21(26-20)28-10-12-32-13-11-28/h1-9,15H,10-14H2,(H2,22,24,25,26,27)/b23-15+. The summed E-state index contributed by atoms with van der Waals surface area (Å²) in [5, 5.41) is 18.5. The third kappa shape index (κ3) is 5.52. The molecule has 32 heavy (non-hydrogen) atoms. The molecule has 4 rings (SSSR count). The lowest BCUT2D eigenvalue weighted by Gasteiger charge is -2.27. The van der Waals surface area contributed by atoms with Crippen molar-refractivity contribution in [1.29, 1.82) is 0 Å². The first kappa shape index (κ1) is 21.1. The highest BCUT2D eigenvalue weighted by Crippen LogP contribution is 2.17. The third-order valence-electron chi connectivity index (χ3n) is 4.71. The van der Waals surface area contributed by atoms with Crippen LogP contribution in [-0.2, 0) is 11.3 Å². The number of nitrogens with zero attached hydrogens (tertiary/aromatic N) is 6. The zero-order valence-corrected chi connectivity index (χ0v) is 17.2. The summed E-state index contributed by atoms with van der Waals surface area (Å²) in [6.07, 6.45) is 1.37. The Labute approximate surface area is 184 Å². The number of hydrogen-bond acceptors (Lipinski definition) is 10. The number of para-hydroxylation sites is 1. The first-order chi connectivity index (χ1) is 15.7. The number of nitro groups is 1. The average molecular weight is 434 g/mol. The molecule has 11 nitrogen and oxygen atoms in total. The molecular weight excluding hydrogens is 412 g/mol. The van der Waals surface area contributed by atoms with Crippen molar-refractivity contribution in [2.45, 2.75) is 6.54 Å². The molecule has 1 saturated heterocycles. The molecule has 11 heteroatoms. The number of benzene rings is 2. The molecule has 2 aromatic carbocycles. The van der Waals surface area contributed by atoms with E-state index in [1.807, 2.05) is 35.2 Å². The molecular formula is C21H22N8O3. The number of nitrogens with one attached hydrogen (secondary N) is 2. The highest BCUT2D eigenvalue weighted by atomic mass is 16.6. The quantitative estimate of drug-likeness (QED) is 0.312. The summed E-state index contributed by atoms with van der Waals surface area (Å²) in [5.41, 5.74) is 4.19. The van der Waals surface area contributed by atoms with Crippen LogP contribution in [0.5, 0.6) is 0 Å². The van der Waals surface area contributed by atoms with E-state index in [9.17, 15) is 10.1 Å². The van der Waals surface area contributed by atoms with E-state index in [2.05, 4.69) is 30.8 Å². The second-order valence-corrected chi connectivity index (χ2v) is 6.91. The van der Waals surface area contributed by atoms with Crippen LogP contribution in [0.15, 0.2) is 59.7 Å². The Morgan fingerprint density at radius 2 is 1.75 bits per heavy atom. The van der Waals surface area contributed by atoms with Gasteiger partial charge in [-0.1, -0.05) is 42.5 Å². The molecule has 0 unspecified atom stereocenters. The molecule has 1 aromatic heterocycles. The highest BCUT2D eigenvalue weighted by Gasteiger charge is 2.17. The Morgan fingerprint density at radius 1 is 1.03 bits per heavy atom. The third-order valence-corrected chi connectivity index (χ3v) is 4.71. The van der Waals surface area contributed by atoms with Crippen molar-refractivity contribution in [1.82, 2.24) is 15.0 Å². The van der Waals surface area contributed by atoms with Crippen LogP contribution in [0.2, 0.25) is 0 Å². The van der Waals surface area contributed by atoms with Gasteiger partial charge in [-0.2, -0.15) is 20.1 Å². The largest absolute Gasteiger partial charge is 0.378 e. The van der Waals surface area contributed by atoms with Gasteiger partial charge in [-0.25, -0.2) is 5.43 Å². The van der Waals surface area contributed by atoms with E-state index >= 15 is 0 Å². The maximum atomic E-state index is 11.2. The molecule has 0 atom stereocenters. The molecule has 0 bridgehead atoms. The summed E-state index contributed by atoms with van der Waals surface area (Å²) in [4.78, 5) is 26.1. The second kappa shape index (κ2) is 10.3. The van der Waals surface area contributed by atoms with Crippen molar-refractivity contribution in [2.75, 3.05) is 41.9 Å². The number of hydrogen-bond donors (Lipinski definition) is 2. The lowest BCUT2D eigenvalue weighted by molar-refractivity contribution is -0.385. The number of hydrazone groups is 1. The topological polar surface area (TPSA) is 131 Å². The van der Waals surface area contributed by atoms with E-state index in [1.165, 1.54) is 12.3 Å². The van der Waals surface area contributed by atoms with Crippen LogP contribution in [0.25, 0.3) is 0 Å². The molecule has 0 saturated carbocycles. The summed E-state index contributed by atoms with van der Waals surface area (Å²) in [7, 11) is 0. The molecule has 0 amide bonds. The zero-order chi connectivity index (χ0) is 22.2. The van der Waals surface area contributed by atoms with Crippen LogP contribution in [0.4, 0.5) is 23.5 Å². The molecule has 2 N–H and O–H groups in total. The normalized spacial score (nSPS) is 13.8. The predicted molar refractivity (Wildman–Crippen MR) is 121 cm³/mol. The summed E-state index contributed by atoms with van der Waals surface area (Å²) in [5.74, 6) is 1.13. The van der Waals surface area contributed by atoms with Gasteiger partial charge in [0.1, 0.15) is 0 Å². The van der Waals surface area contributed by atoms with Crippen LogP contribution in [0.1, 0.15) is 11.1 Å². The number of rotatable bonds is 8. The average Bonchev–Trinajstić information content (AvgIpc) is 2.84. The van der Waals surface area contributed by atoms with Crippen molar-refractivity contribution >= 4 is 29.7 Å². The van der Waals surface area contributed by atoms with Gasteiger partial charge < -0.3 is 15.0 Å². The van der Waals surface area contributed by atoms with Crippen molar-refractivity contribution in [3.05, 3.63) is 75.8 Å². The molecule has 3 aromatic rings. The Morgan fingerprint density at radius 3 is 2.53 bits per heavy atom. The Balaban J connectivity index is 1.54. The molecule has 1 aliphatic rings. The zero-order valence-electron chi connectivity index (χ0n) is 17.2. The second-order valence-electron chi connectivity index (χ2n) is 6.91. The van der Waals surface area contributed by atoms with Crippen LogP contribution < -0.4 is 15.6 Å². The van der Waals surface area contributed by atoms with E-state index in [-0.39, 0.29) is 11.6 Å². The summed E-state index contributed by atoms with van der Waals surface area (Å²) < 4.78 is 5.41. The molecule has 1 aliphatic heterocycles.